The van der Waals surface area contributed by atoms with Crippen LogP contribution in [0, 0.1) is 5.92 Å². The van der Waals surface area contributed by atoms with E-state index in [9.17, 15) is 9.59 Å². The molecule has 1 amide bonds. The smallest absolute Gasteiger partial charge is 0.309 e. The van der Waals surface area contributed by atoms with Gasteiger partial charge in [0.05, 0.1) is 30.6 Å². The van der Waals surface area contributed by atoms with Crippen molar-refractivity contribution in [2.75, 3.05) is 26.8 Å². The second-order valence-corrected chi connectivity index (χ2v) is 5.86. The summed E-state index contributed by atoms with van der Waals surface area (Å²) in [5.41, 5.74) is 1.34. The van der Waals surface area contributed by atoms with E-state index in [0.29, 0.717) is 30.3 Å². The predicted molar refractivity (Wildman–Crippen MR) is 94.4 cm³/mol. The van der Waals surface area contributed by atoms with E-state index in [4.69, 9.17) is 15.7 Å². The molecule has 0 aromatic heterocycles. The minimum atomic E-state index is -1.03. The number of hydrogen-bond donors (Lipinski definition) is 2. The fraction of sp³-hybridized carbons (Fsp3) is 0.412. The highest BCUT2D eigenvalue weighted by Crippen LogP contribution is 2.20. The fourth-order valence-corrected chi connectivity index (χ4v) is 2.69. The van der Waals surface area contributed by atoms with Gasteiger partial charge in [-0.25, -0.2) is 0 Å². The van der Waals surface area contributed by atoms with Gasteiger partial charge in [-0.15, -0.1) is 0 Å². The Balaban J connectivity index is 1.97. The summed E-state index contributed by atoms with van der Waals surface area (Å²) in [6.45, 7) is 2.11. The molecule has 3 N–H and O–H groups in total. The maximum atomic E-state index is 12.5. The van der Waals surface area contributed by atoms with E-state index in [1.807, 2.05) is 4.90 Å². The standard InChI is InChI=1S/C17H22N4O4/c1-25-11-12-6-7-21(10-12)17(24)13-2-4-14(5-3-13)19-9-15(20-18)8-16(22)23/h2-5,9,12H,6-8,10-11,18H2,1H3,(H,22,23). The lowest BCUT2D eigenvalue weighted by atomic mass is 10.1. The molecule has 1 heterocycles. The van der Waals surface area contributed by atoms with Crippen LogP contribution in [0.2, 0.25) is 0 Å². The highest BCUT2D eigenvalue weighted by atomic mass is 16.5. The average molecular weight is 346 g/mol. The van der Waals surface area contributed by atoms with Crippen molar-refractivity contribution in [1.29, 1.82) is 0 Å². The number of nitrogens with zero attached hydrogens (tertiary/aromatic N) is 3. The second kappa shape index (κ2) is 8.93. The van der Waals surface area contributed by atoms with Crippen molar-refractivity contribution in [2.24, 2.45) is 21.9 Å². The maximum Gasteiger partial charge on any atom is 0.309 e. The quantitative estimate of drug-likeness (QED) is 0.438. The molecule has 1 fully saturated rings. The van der Waals surface area contributed by atoms with E-state index in [2.05, 4.69) is 10.1 Å². The fourth-order valence-electron chi connectivity index (χ4n) is 2.69. The molecule has 25 heavy (non-hydrogen) atoms. The van der Waals surface area contributed by atoms with Crippen molar-refractivity contribution in [2.45, 2.75) is 12.8 Å². The van der Waals surface area contributed by atoms with Gasteiger partial charge in [0, 0.05) is 31.7 Å². The number of carboxylic acid groups (broad SMARTS) is 1. The average Bonchev–Trinajstić information content (AvgIpc) is 3.07. The topological polar surface area (TPSA) is 118 Å². The third-order valence-corrected chi connectivity index (χ3v) is 3.95. The van der Waals surface area contributed by atoms with Crippen LogP contribution in [0.4, 0.5) is 5.69 Å². The van der Waals surface area contributed by atoms with Gasteiger partial charge >= 0.3 is 5.97 Å². The number of nitrogens with two attached hydrogens (primary N) is 1. The van der Waals surface area contributed by atoms with Gasteiger partial charge in [0.15, 0.2) is 0 Å². The molecular formula is C17H22N4O4. The molecule has 1 aliphatic rings. The van der Waals surface area contributed by atoms with Crippen LogP contribution in [0.25, 0.3) is 0 Å². The summed E-state index contributed by atoms with van der Waals surface area (Å²) < 4.78 is 5.15. The number of carbonyl (C=O) groups excluding carboxylic acids is 1. The highest BCUT2D eigenvalue weighted by molar-refractivity contribution is 6.34. The van der Waals surface area contributed by atoms with Crippen LogP contribution >= 0.6 is 0 Å². The zero-order valence-corrected chi connectivity index (χ0v) is 14.1. The molecule has 1 atom stereocenters. The molecular weight excluding hydrogens is 324 g/mol. The molecule has 0 saturated carbocycles. The number of carbonyl (C=O) groups is 2. The lowest BCUT2D eigenvalue weighted by molar-refractivity contribution is -0.135. The zero-order valence-electron chi connectivity index (χ0n) is 14.1. The minimum absolute atomic E-state index is 0.00998. The Morgan fingerprint density at radius 1 is 1.40 bits per heavy atom. The number of hydrogen-bond acceptors (Lipinski definition) is 6. The highest BCUT2D eigenvalue weighted by Gasteiger charge is 2.26. The van der Waals surface area contributed by atoms with E-state index in [-0.39, 0.29) is 18.0 Å². The van der Waals surface area contributed by atoms with Crippen molar-refractivity contribution in [3.63, 3.8) is 0 Å². The SMILES string of the molecule is COCC1CCN(C(=O)c2ccc(N=CC(CC(=O)O)=NN)cc2)C1. The molecule has 1 unspecified atom stereocenters. The summed E-state index contributed by atoms with van der Waals surface area (Å²) in [7, 11) is 1.67. The zero-order chi connectivity index (χ0) is 18.2. The molecule has 1 aromatic rings. The van der Waals surface area contributed by atoms with Crippen molar-refractivity contribution in [3.05, 3.63) is 29.8 Å². The summed E-state index contributed by atoms with van der Waals surface area (Å²) in [6.07, 6.45) is 1.96. The number of amides is 1. The number of ether oxygens (including phenoxy) is 1. The molecule has 0 bridgehead atoms. The van der Waals surface area contributed by atoms with Gasteiger partial charge in [-0.1, -0.05) is 0 Å². The van der Waals surface area contributed by atoms with E-state index >= 15 is 0 Å². The Labute approximate surface area is 146 Å². The number of aliphatic imine (C=N–C) groups is 1. The van der Waals surface area contributed by atoms with Crippen LogP contribution in [-0.2, 0) is 9.53 Å². The van der Waals surface area contributed by atoms with Crippen LogP contribution in [0.5, 0.6) is 0 Å². The Hall–Kier alpha value is -2.74. The summed E-state index contributed by atoms with van der Waals surface area (Å²) in [5.74, 6) is 4.47. The molecule has 0 radical (unpaired) electrons. The maximum absolute atomic E-state index is 12.5. The van der Waals surface area contributed by atoms with E-state index in [0.717, 1.165) is 13.0 Å². The number of carboxylic acids is 1. The summed E-state index contributed by atoms with van der Waals surface area (Å²) in [5, 5.41) is 12.1. The number of likely N-dealkylation sites (tertiary alicyclic amines) is 1. The molecule has 0 aliphatic carbocycles. The van der Waals surface area contributed by atoms with Gasteiger partial charge in [0.25, 0.3) is 5.91 Å². The van der Waals surface area contributed by atoms with Crippen molar-refractivity contribution in [3.8, 4) is 0 Å². The molecule has 8 heteroatoms. The van der Waals surface area contributed by atoms with Gasteiger partial charge in [-0.3, -0.25) is 14.6 Å². The number of hydrazone groups is 1. The Morgan fingerprint density at radius 2 is 2.12 bits per heavy atom. The Bertz CT molecular complexity index is 670. The van der Waals surface area contributed by atoms with E-state index in [1.54, 1.807) is 31.4 Å². The first-order valence-electron chi connectivity index (χ1n) is 7.94. The normalized spacial score (nSPS) is 18.0. The van der Waals surface area contributed by atoms with E-state index < -0.39 is 5.97 Å². The molecule has 2 rings (SSSR count). The van der Waals surface area contributed by atoms with Gasteiger partial charge < -0.3 is 20.6 Å². The van der Waals surface area contributed by atoms with E-state index in [1.165, 1.54) is 6.21 Å². The third-order valence-electron chi connectivity index (χ3n) is 3.95. The summed E-state index contributed by atoms with van der Waals surface area (Å²) >= 11 is 0. The number of benzene rings is 1. The second-order valence-electron chi connectivity index (χ2n) is 5.86. The predicted octanol–water partition coefficient (Wildman–Crippen LogP) is 1.29. The first kappa shape index (κ1) is 18.6. The lowest BCUT2D eigenvalue weighted by Gasteiger charge is -2.16. The monoisotopic (exact) mass is 346 g/mol. The molecule has 1 aromatic carbocycles. The number of rotatable bonds is 7. The van der Waals surface area contributed by atoms with Crippen LogP contribution < -0.4 is 5.84 Å². The first-order valence-corrected chi connectivity index (χ1v) is 7.94. The van der Waals surface area contributed by atoms with Gasteiger partial charge in [-0.05, 0) is 30.7 Å². The van der Waals surface area contributed by atoms with Crippen LogP contribution in [0.1, 0.15) is 23.2 Å². The summed E-state index contributed by atoms with van der Waals surface area (Å²) in [6, 6.07) is 6.80. The summed E-state index contributed by atoms with van der Waals surface area (Å²) in [4.78, 5) is 29.1. The van der Waals surface area contributed by atoms with Gasteiger partial charge in [0.1, 0.15) is 0 Å². The van der Waals surface area contributed by atoms with Crippen molar-refractivity contribution in [1.82, 2.24) is 4.90 Å². The van der Waals surface area contributed by atoms with Crippen molar-refractivity contribution >= 4 is 29.5 Å². The Kier molecular flexibility index (Phi) is 6.64. The first-order chi connectivity index (χ1) is 12.0. The largest absolute Gasteiger partial charge is 0.481 e. The molecule has 1 saturated heterocycles. The van der Waals surface area contributed by atoms with Gasteiger partial charge in [-0.2, -0.15) is 5.10 Å². The van der Waals surface area contributed by atoms with Crippen LogP contribution in [0.3, 0.4) is 0 Å². The molecule has 0 spiro atoms. The molecule has 134 valence electrons. The van der Waals surface area contributed by atoms with Gasteiger partial charge in [0.2, 0.25) is 0 Å². The Morgan fingerprint density at radius 3 is 2.72 bits per heavy atom. The molecule has 8 nitrogen and oxygen atoms in total. The van der Waals surface area contributed by atoms with Crippen LogP contribution in [0.15, 0.2) is 34.4 Å². The van der Waals surface area contributed by atoms with Crippen LogP contribution in [-0.4, -0.2) is 60.6 Å². The van der Waals surface area contributed by atoms with Crippen molar-refractivity contribution < 1.29 is 19.4 Å². The minimum Gasteiger partial charge on any atom is -0.481 e. The molecule has 1 aliphatic heterocycles. The number of methoxy groups -OCH3 is 1. The number of aliphatic carboxylic acids is 1. The third kappa shape index (κ3) is 5.39. The lowest BCUT2D eigenvalue weighted by Crippen LogP contribution is -2.29.